The molecule has 2 fully saturated rings. The minimum absolute atomic E-state index is 0.0916. The van der Waals surface area contributed by atoms with Gasteiger partial charge in [-0.05, 0) is 57.2 Å². The second-order valence-corrected chi connectivity index (χ2v) is 7.62. The number of rotatable bonds is 7. The third kappa shape index (κ3) is 4.18. The van der Waals surface area contributed by atoms with Crippen molar-refractivity contribution in [2.45, 2.75) is 45.3 Å². The van der Waals surface area contributed by atoms with Crippen LogP contribution in [0, 0.1) is 12.8 Å². The van der Waals surface area contributed by atoms with Gasteiger partial charge in [0, 0.05) is 0 Å². The van der Waals surface area contributed by atoms with Crippen molar-refractivity contribution in [3.63, 3.8) is 0 Å². The van der Waals surface area contributed by atoms with Crippen molar-refractivity contribution in [1.82, 2.24) is 10.2 Å². The number of amides is 4. The Labute approximate surface area is 168 Å². The summed E-state index contributed by atoms with van der Waals surface area (Å²) in [6, 6.07) is 4.67. The van der Waals surface area contributed by atoms with Gasteiger partial charge in [0.15, 0.2) is 6.10 Å². The standard InChI is InChI=1S/C20H25N3O6/c1-11-5-8-15(28-4)14(9-11)21-17(25)12(2)29-16(24)10-23-18(26)20(3,13-6-7-13)22-19(23)27/h5,8-9,12-13H,6-7,10H2,1-4H3,(H,21,25)(H,22,27)/t12-,20+/m0/s1. The molecule has 0 radical (unpaired) electrons. The van der Waals surface area contributed by atoms with E-state index in [-0.39, 0.29) is 5.92 Å². The Balaban J connectivity index is 1.58. The van der Waals surface area contributed by atoms with Gasteiger partial charge in [0.05, 0.1) is 12.8 Å². The third-order valence-electron chi connectivity index (χ3n) is 5.27. The van der Waals surface area contributed by atoms with Gasteiger partial charge in [-0.2, -0.15) is 0 Å². The first-order valence-corrected chi connectivity index (χ1v) is 9.44. The molecule has 0 unspecified atom stereocenters. The molecule has 9 nitrogen and oxygen atoms in total. The smallest absolute Gasteiger partial charge is 0.327 e. The van der Waals surface area contributed by atoms with Crippen LogP contribution in [0.5, 0.6) is 5.75 Å². The van der Waals surface area contributed by atoms with Gasteiger partial charge in [0.1, 0.15) is 17.8 Å². The Kier molecular flexibility index (Phi) is 5.50. The number of imide groups is 1. The van der Waals surface area contributed by atoms with Crippen LogP contribution in [0.1, 0.15) is 32.3 Å². The van der Waals surface area contributed by atoms with Gasteiger partial charge in [0.2, 0.25) is 0 Å². The van der Waals surface area contributed by atoms with Crippen molar-refractivity contribution >= 4 is 29.5 Å². The fourth-order valence-electron chi connectivity index (χ4n) is 3.37. The highest BCUT2D eigenvalue weighted by Gasteiger charge is 2.56. The topological polar surface area (TPSA) is 114 Å². The highest BCUT2D eigenvalue weighted by Crippen LogP contribution is 2.42. The second kappa shape index (κ2) is 7.73. The lowest BCUT2D eigenvalue weighted by atomic mass is 9.96. The van der Waals surface area contributed by atoms with Crippen LogP contribution in [0.25, 0.3) is 0 Å². The zero-order chi connectivity index (χ0) is 21.3. The Hall–Kier alpha value is -3.10. The number of nitrogens with one attached hydrogen (secondary N) is 2. The molecule has 1 aliphatic heterocycles. The molecular formula is C20H25N3O6. The van der Waals surface area contributed by atoms with E-state index in [1.807, 2.05) is 13.0 Å². The Morgan fingerprint density at radius 2 is 2.03 bits per heavy atom. The highest BCUT2D eigenvalue weighted by molar-refractivity contribution is 6.09. The average molecular weight is 403 g/mol. The Morgan fingerprint density at radius 1 is 1.34 bits per heavy atom. The molecule has 2 N–H and O–H groups in total. The van der Waals surface area contributed by atoms with Crippen molar-refractivity contribution in [3.8, 4) is 5.75 Å². The summed E-state index contributed by atoms with van der Waals surface area (Å²) >= 11 is 0. The van der Waals surface area contributed by atoms with Gasteiger partial charge in [-0.1, -0.05) is 6.07 Å². The van der Waals surface area contributed by atoms with Gasteiger partial charge < -0.3 is 20.1 Å². The van der Waals surface area contributed by atoms with Gasteiger partial charge in [0.25, 0.3) is 11.8 Å². The summed E-state index contributed by atoms with van der Waals surface area (Å²) in [5, 5.41) is 5.31. The number of nitrogens with zero attached hydrogens (tertiary/aromatic N) is 1. The number of benzene rings is 1. The molecule has 0 spiro atoms. The van der Waals surface area contributed by atoms with E-state index in [1.165, 1.54) is 14.0 Å². The average Bonchev–Trinajstić information content (AvgIpc) is 3.48. The quantitative estimate of drug-likeness (QED) is 0.528. The molecule has 1 aliphatic carbocycles. The first-order valence-electron chi connectivity index (χ1n) is 9.44. The maximum absolute atomic E-state index is 12.6. The number of methoxy groups -OCH3 is 1. The van der Waals surface area contributed by atoms with Crippen molar-refractivity contribution in [3.05, 3.63) is 23.8 Å². The number of carbonyl (C=O) groups excluding carboxylic acids is 4. The van der Waals surface area contributed by atoms with Crippen LogP contribution in [0.3, 0.4) is 0 Å². The van der Waals surface area contributed by atoms with Gasteiger partial charge in [-0.3, -0.25) is 19.3 Å². The third-order valence-corrected chi connectivity index (χ3v) is 5.27. The number of urea groups is 1. The minimum Gasteiger partial charge on any atom is -0.495 e. The molecular weight excluding hydrogens is 378 g/mol. The van der Waals surface area contributed by atoms with E-state index in [1.54, 1.807) is 19.1 Å². The molecule has 0 bridgehead atoms. The van der Waals surface area contributed by atoms with E-state index in [2.05, 4.69) is 10.6 Å². The van der Waals surface area contributed by atoms with Crippen molar-refractivity contribution < 1.29 is 28.7 Å². The lowest BCUT2D eigenvalue weighted by Crippen LogP contribution is -2.46. The highest BCUT2D eigenvalue weighted by atomic mass is 16.5. The summed E-state index contributed by atoms with van der Waals surface area (Å²) in [6.07, 6.45) is 0.601. The maximum Gasteiger partial charge on any atom is 0.327 e. The minimum atomic E-state index is -1.12. The molecule has 3 rings (SSSR count). The van der Waals surface area contributed by atoms with Crippen LogP contribution in [0.2, 0.25) is 0 Å². The van der Waals surface area contributed by atoms with Crippen molar-refractivity contribution in [2.75, 3.05) is 19.0 Å². The molecule has 1 saturated heterocycles. The summed E-state index contributed by atoms with van der Waals surface area (Å²) in [5.41, 5.74) is 0.403. The fraction of sp³-hybridized carbons (Fsp3) is 0.500. The van der Waals surface area contributed by atoms with E-state index in [9.17, 15) is 19.2 Å². The zero-order valence-electron chi connectivity index (χ0n) is 16.9. The zero-order valence-corrected chi connectivity index (χ0v) is 16.9. The van der Waals surface area contributed by atoms with Crippen LogP contribution in [0.4, 0.5) is 10.5 Å². The maximum atomic E-state index is 12.6. The summed E-state index contributed by atoms with van der Waals surface area (Å²) < 4.78 is 10.3. The van der Waals surface area contributed by atoms with E-state index >= 15 is 0 Å². The molecule has 9 heteroatoms. The van der Waals surface area contributed by atoms with Gasteiger partial charge in [-0.15, -0.1) is 0 Å². The molecule has 29 heavy (non-hydrogen) atoms. The summed E-state index contributed by atoms with van der Waals surface area (Å²) in [6.45, 7) is 4.40. The molecule has 1 aromatic rings. The number of esters is 1. The molecule has 2 atom stereocenters. The molecule has 1 heterocycles. The predicted octanol–water partition coefficient (Wildman–Crippen LogP) is 1.59. The van der Waals surface area contributed by atoms with Crippen LogP contribution in [-0.2, 0) is 19.1 Å². The molecule has 0 aromatic heterocycles. The summed E-state index contributed by atoms with van der Waals surface area (Å²) in [4.78, 5) is 50.1. The Morgan fingerprint density at radius 3 is 2.66 bits per heavy atom. The van der Waals surface area contributed by atoms with Crippen LogP contribution in [-0.4, -0.2) is 54.0 Å². The number of anilines is 1. The van der Waals surface area contributed by atoms with Gasteiger partial charge >= 0.3 is 12.0 Å². The molecule has 156 valence electrons. The van der Waals surface area contributed by atoms with E-state index < -0.39 is 42.0 Å². The number of carbonyl (C=O) groups is 4. The van der Waals surface area contributed by atoms with Crippen molar-refractivity contribution in [2.24, 2.45) is 5.92 Å². The van der Waals surface area contributed by atoms with Gasteiger partial charge in [-0.25, -0.2) is 4.79 Å². The fourth-order valence-corrected chi connectivity index (χ4v) is 3.37. The predicted molar refractivity (Wildman–Crippen MR) is 103 cm³/mol. The molecule has 1 aromatic carbocycles. The Bertz CT molecular complexity index is 866. The number of ether oxygens (including phenoxy) is 2. The summed E-state index contributed by atoms with van der Waals surface area (Å²) in [5.74, 6) is -1.27. The van der Waals surface area contributed by atoms with E-state index in [0.29, 0.717) is 11.4 Å². The molecule has 2 aliphatic rings. The van der Waals surface area contributed by atoms with Crippen molar-refractivity contribution in [1.29, 1.82) is 0 Å². The normalized spacial score (nSPS) is 22.1. The van der Waals surface area contributed by atoms with Crippen LogP contribution >= 0.6 is 0 Å². The first-order chi connectivity index (χ1) is 13.7. The number of aryl methyl sites for hydroxylation is 1. The van der Waals surface area contributed by atoms with E-state index in [4.69, 9.17) is 9.47 Å². The number of hydrogen-bond acceptors (Lipinski definition) is 6. The second-order valence-electron chi connectivity index (χ2n) is 7.62. The molecule has 1 saturated carbocycles. The number of hydrogen-bond donors (Lipinski definition) is 2. The van der Waals surface area contributed by atoms with E-state index in [0.717, 1.165) is 23.3 Å². The SMILES string of the molecule is COc1ccc(C)cc1NC(=O)[C@H](C)OC(=O)CN1C(=O)N[C@](C)(C2CC2)C1=O. The lowest BCUT2D eigenvalue weighted by molar-refractivity contribution is -0.155. The first kappa shape index (κ1) is 20.6. The summed E-state index contributed by atoms with van der Waals surface area (Å²) in [7, 11) is 1.48. The monoisotopic (exact) mass is 403 g/mol. The van der Waals surface area contributed by atoms with Crippen LogP contribution < -0.4 is 15.4 Å². The van der Waals surface area contributed by atoms with Crippen LogP contribution in [0.15, 0.2) is 18.2 Å². The largest absolute Gasteiger partial charge is 0.495 e. The molecule has 4 amide bonds. The lowest BCUT2D eigenvalue weighted by Gasteiger charge is -2.21.